The first-order valence-electron chi connectivity index (χ1n) is 5.26. The molecule has 0 saturated carbocycles. The van der Waals surface area contributed by atoms with Crippen molar-refractivity contribution in [3.63, 3.8) is 0 Å². The third-order valence-electron chi connectivity index (χ3n) is 2.49. The summed E-state index contributed by atoms with van der Waals surface area (Å²) in [5, 5.41) is 9.16. The summed E-state index contributed by atoms with van der Waals surface area (Å²) in [6.07, 6.45) is 0. The first kappa shape index (κ1) is 11.4. The van der Waals surface area contributed by atoms with Gasteiger partial charge in [0.05, 0.1) is 4.88 Å². The Morgan fingerprint density at radius 3 is 2.89 bits per heavy atom. The molecule has 18 heavy (non-hydrogen) atoms. The van der Waals surface area contributed by atoms with Gasteiger partial charge in [0.2, 0.25) is 0 Å². The molecular formula is C12H9BrN4S. The van der Waals surface area contributed by atoms with E-state index in [4.69, 9.17) is 5.73 Å². The number of benzene rings is 1. The highest BCUT2D eigenvalue weighted by Crippen LogP contribution is 2.27. The lowest BCUT2D eigenvalue weighted by molar-refractivity contribution is 1.10. The zero-order valence-electron chi connectivity index (χ0n) is 9.22. The molecule has 0 fully saturated rings. The van der Waals surface area contributed by atoms with Crippen LogP contribution in [-0.4, -0.2) is 15.2 Å². The summed E-state index contributed by atoms with van der Waals surface area (Å²) in [5.41, 5.74) is 7.42. The molecule has 0 aliphatic heterocycles. The molecular weight excluding hydrogens is 312 g/mol. The predicted molar refractivity (Wildman–Crippen MR) is 77.2 cm³/mol. The molecule has 0 spiro atoms. The molecule has 0 aliphatic carbocycles. The Hall–Kier alpha value is -1.66. The van der Waals surface area contributed by atoms with Crippen LogP contribution in [-0.2, 0) is 0 Å². The lowest BCUT2D eigenvalue weighted by Crippen LogP contribution is -1.88. The van der Waals surface area contributed by atoms with Crippen molar-refractivity contribution in [3.05, 3.63) is 40.2 Å². The number of aromatic nitrogens is 3. The molecule has 2 heterocycles. The second-order valence-corrected chi connectivity index (χ2v) is 5.52. The van der Waals surface area contributed by atoms with E-state index < -0.39 is 0 Å². The molecule has 0 unspecified atom stereocenters. The molecule has 0 radical (unpaired) electrons. The van der Waals surface area contributed by atoms with Gasteiger partial charge in [0.1, 0.15) is 0 Å². The van der Waals surface area contributed by atoms with Crippen LogP contribution in [0.4, 0.5) is 5.69 Å². The summed E-state index contributed by atoms with van der Waals surface area (Å²) in [6, 6.07) is 9.67. The summed E-state index contributed by atoms with van der Waals surface area (Å²) in [5.74, 6) is 1.43. The fourth-order valence-electron chi connectivity index (χ4n) is 1.60. The SMILES string of the molecule is Nc1cc(-c2n[nH]c(-c3cccs3)n2)ccc1Br. The van der Waals surface area contributed by atoms with Crippen molar-refractivity contribution < 1.29 is 0 Å². The zero-order chi connectivity index (χ0) is 12.5. The summed E-state index contributed by atoms with van der Waals surface area (Å²) in [4.78, 5) is 5.53. The molecule has 90 valence electrons. The summed E-state index contributed by atoms with van der Waals surface area (Å²) >= 11 is 4.99. The average molecular weight is 321 g/mol. The Balaban J connectivity index is 2.00. The smallest absolute Gasteiger partial charge is 0.181 e. The number of rotatable bonds is 2. The number of hydrogen-bond donors (Lipinski definition) is 2. The Morgan fingerprint density at radius 1 is 1.28 bits per heavy atom. The number of nitrogen functional groups attached to an aromatic ring is 1. The van der Waals surface area contributed by atoms with Gasteiger partial charge in [-0.25, -0.2) is 4.98 Å². The Bertz CT molecular complexity index is 675. The number of H-pyrrole nitrogens is 1. The predicted octanol–water partition coefficient (Wildman–Crippen LogP) is 3.54. The van der Waals surface area contributed by atoms with Crippen molar-refractivity contribution >= 4 is 33.0 Å². The van der Waals surface area contributed by atoms with Gasteiger partial charge in [-0.1, -0.05) is 6.07 Å². The minimum atomic E-state index is 0.651. The third-order valence-corrected chi connectivity index (χ3v) is 4.09. The van der Waals surface area contributed by atoms with E-state index in [-0.39, 0.29) is 0 Å². The maximum absolute atomic E-state index is 5.85. The van der Waals surface area contributed by atoms with E-state index in [1.807, 2.05) is 35.7 Å². The monoisotopic (exact) mass is 320 g/mol. The third kappa shape index (κ3) is 2.04. The zero-order valence-corrected chi connectivity index (χ0v) is 11.6. The molecule has 2 aromatic heterocycles. The molecule has 0 aliphatic rings. The quantitative estimate of drug-likeness (QED) is 0.709. The molecule has 3 rings (SSSR count). The maximum Gasteiger partial charge on any atom is 0.181 e. The van der Waals surface area contributed by atoms with Gasteiger partial charge in [0, 0.05) is 15.7 Å². The fraction of sp³-hybridized carbons (Fsp3) is 0. The first-order chi connectivity index (χ1) is 8.74. The van der Waals surface area contributed by atoms with Gasteiger partial charge in [-0.15, -0.1) is 11.3 Å². The van der Waals surface area contributed by atoms with Gasteiger partial charge in [0.25, 0.3) is 0 Å². The van der Waals surface area contributed by atoms with Gasteiger partial charge in [-0.05, 0) is 45.6 Å². The van der Waals surface area contributed by atoms with Crippen LogP contribution in [0, 0.1) is 0 Å². The summed E-state index contributed by atoms with van der Waals surface area (Å²) in [6.45, 7) is 0. The van der Waals surface area contributed by atoms with Crippen molar-refractivity contribution in [1.82, 2.24) is 15.2 Å². The van der Waals surface area contributed by atoms with Gasteiger partial charge < -0.3 is 5.73 Å². The topological polar surface area (TPSA) is 67.6 Å². The number of anilines is 1. The van der Waals surface area contributed by atoms with Crippen molar-refractivity contribution in [3.8, 4) is 22.1 Å². The fourth-order valence-corrected chi connectivity index (χ4v) is 2.51. The highest BCUT2D eigenvalue weighted by molar-refractivity contribution is 9.10. The van der Waals surface area contributed by atoms with E-state index in [2.05, 4.69) is 31.1 Å². The van der Waals surface area contributed by atoms with E-state index in [1.54, 1.807) is 11.3 Å². The van der Waals surface area contributed by atoms with Gasteiger partial charge in [-0.3, -0.25) is 5.10 Å². The lowest BCUT2D eigenvalue weighted by Gasteiger charge is -1.99. The molecule has 3 aromatic rings. The van der Waals surface area contributed by atoms with Gasteiger partial charge in [0.15, 0.2) is 11.6 Å². The number of halogens is 1. The molecule has 0 saturated heterocycles. The van der Waals surface area contributed by atoms with Crippen molar-refractivity contribution in [2.45, 2.75) is 0 Å². The lowest BCUT2D eigenvalue weighted by atomic mass is 10.2. The van der Waals surface area contributed by atoms with Crippen LogP contribution in [0.15, 0.2) is 40.2 Å². The summed E-state index contributed by atoms with van der Waals surface area (Å²) in [7, 11) is 0. The highest BCUT2D eigenvalue weighted by atomic mass is 79.9. The Kier molecular flexibility index (Phi) is 2.89. The number of nitrogens with one attached hydrogen (secondary N) is 1. The second-order valence-electron chi connectivity index (χ2n) is 3.72. The number of hydrogen-bond acceptors (Lipinski definition) is 4. The van der Waals surface area contributed by atoms with E-state index >= 15 is 0 Å². The van der Waals surface area contributed by atoms with Crippen LogP contribution in [0.2, 0.25) is 0 Å². The standard InChI is InChI=1S/C12H9BrN4S/c13-8-4-3-7(6-9(8)14)11-15-12(17-16-11)10-2-1-5-18-10/h1-6H,14H2,(H,15,16,17). The normalized spacial score (nSPS) is 10.7. The minimum Gasteiger partial charge on any atom is -0.398 e. The first-order valence-corrected chi connectivity index (χ1v) is 6.93. The van der Waals surface area contributed by atoms with Crippen LogP contribution in [0.3, 0.4) is 0 Å². The van der Waals surface area contributed by atoms with Crippen LogP contribution in [0.1, 0.15) is 0 Å². The van der Waals surface area contributed by atoms with Crippen LogP contribution in [0.5, 0.6) is 0 Å². The van der Waals surface area contributed by atoms with E-state index in [9.17, 15) is 0 Å². The number of nitrogens with zero attached hydrogens (tertiary/aromatic N) is 2. The van der Waals surface area contributed by atoms with E-state index in [0.717, 1.165) is 20.7 Å². The molecule has 0 atom stereocenters. The molecule has 0 amide bonds. The second kappa shape index (κ2) is 4.55. The van der Waals surface area contributed by atoms with Gasteiger partial charge >= 0.3 is 0 Å². The number of thiophene rings is 1. The van der Waals surface area contributed by atoms with E-state index in [1.165, 1.54) is 0 Å². The summed E-state index contributed by atoms with van der Waals surface area (Å²) < 4.78 is 0.875. The molecule has 1 aromatic carbocycles. The minimum absolute atomic E-state index is 0.651. The maximum atomic E-state index is 5.85. The highest BCUT2D eigenvalue weighted by Gasteiger charge is 2.09. The Labute approximate surface area is 116 Å². The average Bonchev–Trinajstić information content (AvgIpc) is 3.01. The molecule has 4 nitrogen and oxygen atoms in total. The van der Waals surface area contributed by atoms with E-state index in [0.29, 0.717) is 11.5 Å². The van der Waals surface area contributed by atoms with Crippen LogP contribution >= 0.6 is 27.3 Å². The van der Waals surface area contributed by atoms with Crippen molar-refractivity contribution in [2.24, 2.45) is 0 Å². The number of aromatic amines is 1. The Morgan fingerprint density at radius 2 is 2.17 bits per heavy atom. The van der Waals surface area contributed by atoms with Crippen molar-refractivity contribution in [1.29, 1.82) is 0 Å². The number of nitrogens with two attached hydrogens (primary N) is 1. The molecule has 0 bridgehead atoms. The molecule has 6 heteroatoms. The van der Waals surface area contributed by atoms with Crippen LogP contribution < -0.4 is 5.73 Å². The molecule has 3 N–H and O–H groups in total. The van der Waals surface area contributed by atoms with Gasteiger partial charge in [-0.2, -0.15) is 5.10 Å². The largest absolute Gasteiger partial charge is 0.398 e. The van der Waals surface area contributed by atoms with Crippen molar-refractivity contribution in [2.75, 3.05) is 5.73 Å². The van der Waals surface area contributed by atoms with Crippen LogP contribution in [0.25, 0.3) is 22.1 Å².